The summed E-state index contributed by atoms with van der Waals surface area (Å²) in [6.07, 6.45) is 7.82. The molecule has 196 valence electrons. The summed E-state index contributed by atoms with van der Waals surface area (Å²) >= 11 is 0. The molecule has 0 saturated carbocycles. The van der Waals surface area contributed by atoms with Gasteiger partial charge in [-0.3, -0.25) is 0 Å². The van der Waals surface area contributed by atoms with Crippen LogP contribution in [0.5, 0.6) is 0 Å². The highest BCUT2D eigenvalue weighted by Crippen LogP contribution is 2.29. The van der Waals surface area contributed by atoms with Gasteiger partial charge in [0.05, 0.1) is 5.56 Å². The van der Waals surface area contributed by atoms with Crippen molar-refractivity contribution in [2.24, 2.45) is 0 Å². The summed E-state index contributed by atoms with van der Waals surface area (Å²) in [5.41, 5.74) is 1.46. The maximum atomic E-state index is 12.7. The summed E-state index contributed by atoms with van der Waals surface area (Å²) in [6.45, 7) is 2.53. The molecule has 1 N–H and O–H groups in total. The Hall–Kier alpha value is -2.71. The van der Waals surface area contributed by atoms with Crippen molar-refractivity contribution >= 4 is 0 Å². The molecule has 0 radical (unpaired) electrons. The van der Waals surface area contributed by atoms with Crippen molar-refractivity contribution < 1.29 is 22.8 Å². The van der Waals surface area contributed by atoms with Gasteiger partial charge in [-0.25, -0.2) is 0 Å². The Morgan fingerprint density at radius 2 is 1.31 bits per heavy atom. The number of unbranched alkanes of at least 4 members (excludes halogenated alkanes) is 8. The number of aromatic nitrogens is 2. The third-order valence-electron chi connectivity index (χ3n) is 6.26. The standard InChI is InChI=1S/C28H36F3N3O2/c1-2-3-4-5-6-7-8-9-10-11-26-32-27(36-33-26)24-16-12-22(13-17-24)20-34(35)21-23-14-18-25(19-15-23)28(29,30)31/h12-19,34H,2-11,20-21H2,1H3. The van der Waals surface area contributed by atoms with Crippen LogP contribution in [0.2, 0.25) is 0 Å². The van der Waals surface area contributed by atoms with Gasteiger partial charge in [0.15, 0.2) is 5.82 Å². The first kappa shape index (κ1) is 27.9. The second kappa shape index (κ2) is 14.1. The van der Waals surface area contributed by atoms with Crippen molar-refractivity contribution in [3.63, 3.8) is 0 Å². The summed E-state index contributed by atoms with van der Waals surface area (Å²) in [5, 5.41) is 16.4. The van der Waals surface area contributed by atoms with E-state index in [1.54, 1.807) is 0 Å². The van der Waals surface area contributed by atoms with Crippen LogP contribution in [0.15, 0.2) is 53.1 Å². The molecule has 3 aromatic rings. The lowest BCUT2D eigenvalue weighted by Gasteiger charge is -2.22. The zero-order valence-corrected chi connectivity index (χ0v) is 20.9. The average molecular weight is 504 g/mol. The SMILES string of the molecule is CCCCCCCCCCCc1noc(-c2ccc(C[NH+]([O-])Cc3ccc(C(F)(F)F)cc3)cc2)n1. The molecule has 2 aromatic carbocycles. The first-order valence-electron chi connectivity index (χ1n) is 12.9. The Bertz CT molecular complexity index is 1020. The smallest absolute Gasteiger partial charge is 0.416 e. The van der Waals surface area contributed by atoms with Crippen molar-refractivity contribution in [3.05, 3.63) is 76.3 Å². The zero-order chi connectivity index (χ0) is 25.8. The van der Waals surface area contributed by atoms with Crippen LogP contribution in [0.4, 0.5) is 13.2 Å². The molecule has 0 aliphatic heterocycles. The Morgan fingerprint density at radius 3 is 1.86 bits per heavy atom. The summed E-state index contributed by atoms with van der Waals surface area (Å²) in [6, 6.07) is 12.1. The fourth-order valence-electron chi connectivity index (χ4n) is 4.16. The molecular formula is C28H36F3N3O2. The maximum Gasteiger partial charge on any atom is 0.416 e. The average Bonchev–Trinajstić information content (AvgIpc) is 3.32. The van der Waals surface area contributed by atoms with Gasteiger partial charge in [-0.15, -0.1) is 0 Å². The first-order valence-corrected chi connectivity index (χ1v) is 12.9. The van der Waals surface area contributed by atoms with Crippen molar-refractivity contribution in [1.29, 1.82) is 0 Å². The van der Waals surface area contributed by atoms with Gasteiger partial charge in [0.1, 0.15) is 13.1 Å². The second-order valence-corrected chi connectivity index (χ2v) is 9.38. The number of hydrogen-bond acceptors (Lipinski definition) is 4. The fraction of sp³-hybridized carbons (Fsp3) is 0.500. The monoisotopic (exact) mass is 503 g/mol. The third kappa shape index (κ3) is 9.39. The molecule has 3 rings (SSSR count). The zero-order valence-electron chi connectivity index (χ0n) is 20.9. The second-order valence-electron chi connectivity index (χ2n) is 9.38. The van der Waals surface area contributed by atoms with Crippen molar-refractivity contribution in [3.8, 4) is 11.5 Å². The summed E-state index contributed by atoms with van der Waals surface area (Å²) in [5.74, 6) is 1.17. The summed E-state index contributed by atoms with van der Waals surface area (Å²) in [7, 11) is 0. The minimum Gasteiger partial charge on any atom is -0.634 e. The van der Waals surface area contributed by atoms with Gasteiger partial charge in [0.2, 0.25) is 0 Å². The Balaban J connectivity index is 1.39. The van der Waals surface area contributed by atoms with Crippen LogP contribution < -0.4 is 5.06 Å². The Morgan fingerprint density at radius 1 is 0.778 bits per heavy atom. The number of benzene rings is 2. The fourth-order valence-corrected chi connectivity index (χ4v) is 4.16. The molecule has 1 heterocycles. The highest BCUT2D eigenvalue weighted by atomic mass is 19.4. The number of quaternary nitrogens is 1. The molecule has 0 spiro atoms. The minimum absolute atomic E-state index is 0.0662. The van der Waals surface area contributed by atoms with E-state index in [4.69, 9.17) is 4.52 Å². The van der Waals surface area contributed by atoms with Gasteiger partial charge in [-0.1, -0.05) is 87.7 Å². The van der Waals surface area contributed by atoms with Gasteiger partial charge >= 0.3 is 6.18 Å². The Labute approximate surface area is 211 Å². The topological polar surface area (TPSA) is 66.4 Å². The number of aryl methyl sites for hydroxylation is 1. The molecule has 1 atom stereocenters. The molecule has 36 heavy (non-hydrogen) atoms. The van der Waals surface area contributed by atoms with Crippen LogP contribution in [0.3, 0.4) is 0 Å². The molecule has 0 saturated heterocycles. The Kier molecular flexibility index (Phi) is 10.9. The quantitative estimate of drug-likeness (QED) is 0.181. The lowest BCUT2D eigenvalue weighted by molar-refractivity contribution is -0.876. The van der Waals surface area contributed by atoms with Crippen LogP contribution in [0, 0.1) is 5.21 Å². The van der Waals surface area contributed by atoms with Crippen LogP contribution in [0.1, 0.15) is 87.2 Å². The minimum atomic E-state index is -4.38. The van der Waals surface area contributed by atoms with Crippen molar-refractivity contribution in [2.45, 2.75) is 90.4 Å². The molecule has 0 bridgehead atoms. The molecular weight excluding hydrogens is 467 g/mol. The number of halogens is 3. The number of hydrogen-bond donors (Lipinski definition) is 1. The predicted molar refractivity (Wildman–Crippen MR) is 134 cm³/mol. The molecule has 8 heteroatoms. The lowest BCUT2D eigenvalue weighted by Crippen LogP contribution is -3.04. The molecule has 0 aliphatic carbocycles. The lowest BCUT2D eigenvalue weighted by atomic mass is 10.1. The third-order valence-corrected chi connectivity index (χ3v) is 6.26. The van der Waals surface area contributed by atoms with Gasteiger partial charge < -0.3 is 14.8 Å². The summed E-state index contributed by atoms with van der Waals surface area (Å²) < 4.78 is 43.4. The number of rotatable bonds is 15. The van der Waals surface area contributed by atoms with Crippen LogP contribution >= 0.6 is 0 Å². The molecule has 1 unspecified atom stereocenters. The predicted octanol–water partition coefficient (Wildman–Crippen LogP) is 6.91. The first-order chi connectivity index (χ1) is 17.3. The van der Waals surface area contributed by atoms with E-state index in [2.05, 4.69) is 17.1 Å². The summed E-state index contributed by atoms with van der Waals surface area (Å²) in [4.78, 5) is 4.49. The van der Waals surface area contributed by atoms with E-state index in [0.717, 1.165) is 36.1 Å². The van der Waals surface area contributed by atoms with E-state index in [1.165, 1.54) is 63.5 Å². The molecule has 5 nitrogen and oxygen atoms in total. The molecule has 0 fully saturated rings. The van der Waals surface area contributed by atoms with Gasteiger partial charge in [-0.05, 0) is 30.7 Å². The number of alkyl halides is 3. The van der Waals surface area contributed by atoms with E-state index < -0.39 is 11.7 Å². The van der Waals surface area contributed by atoms with E-state index in [9.17, 15) is 18.4 Å². The van der Waals surface area contributed by atoms with Crippen LogP contribution in [0.25, 0.3) is 11.5 Å². The van der Waals surface area contributed by atoms with E-state index in [-0.39, 0.29) is 18.2 Å². The number of hydroxylamine groups is 2. The molecule has 1 aromatic heterocycles. The molecule has 0 aliphatic rings. The highest BCUT2D eigenvalue weighted by molar-refractivity contribution is 5.53. The largest absolute Gasteiger partial charge is 0.634 e. The number of nitrogens with zero attached hydrogens (tertiary/aromatic N) is 2. The van der Waals surface area contributed by atoms with Crippen molar-refractivity contribution in [2.75, 3.05) is 0 Å². The number of nitrogens with one attached hydrogen (secondary N) is 1. The maximum absolute atomic E-state index is 12.7. The van der Waals surface area contributed by atoms with E-state index in [1.807, 2.05) is 24.3 Å². The van der Waals surface area contributed by atoms with Gasteiger partial charge in [0.25, 0.3) is 5.89 Å². The van der Waals surface area contributed by atoms with Crippen molar-refractivity contribution in [1.82, 2.24) is 10.1 Å². The highest BCUT2D eigenvalue weighted by Gasteiger charge is 2.30. The van der Waals surface area contributed by atoms with Gasteiger partial charge in [-0.2, -0.15) is 18.2 Å². The normalized spacial score (nSPS) is 12.7. The van der Waals surface area contributed by atoms with Crippen LogP contribution in [-0.4, -0.2) is 10.1 Å². The van der Waals surface area contributed by atoms with E-state index in [0.29, 0.717) is 17.3 Å². The van der Waals surface area contributed by atoms with Gasteiger partial charge in [0, 0.05) is 23.1 Å². The van der Waals surface area contributed by atoms with E-state index >= 15 is 0 Å². The van der Waals surface area contributed by atoms with Crippen LogP contribution in [-0.2, 0) is 25.7 Å². The molecule has 0 amide bonds.